The van der Waals surface area contributed by atoms with Crippen molar-refractivity contribution in [3.63, 3.8) is 0 Å². The molecule has 1 unspecified atom stereocenters. The van der Waals surface area contributed by atoms with E-state index in [-0.39, 0.29) is 5.57 Å². The van der Waals surface area contributed by atoms with E-state index < -0.39 is 8.03 Å². The summed E-state index contributed by atoms with van der Waals surface area (Å²) in [6.45, 7) is 0. The van der Waals surface area contributed by atoms with Gasteiger partial charge in [-0.05, 0) is 0 Å². The van der Waals surface area contributed by atoms with Crippen LogP contribution in [0.1, 0.15) is 0 Å². The average Bonchev–Trinajstić information content (AvgIpc) is 2.12. The number of H-pyrrole nitrogens is 1. The molecule has 0 spiro atoms. The van der Waals surface area contributed by atoms with Crippen LogP contribution in [0.3, 0.4) is 0 Å². The lowest BCUT2D eigenvalue weighted by Crippen LogP contribution is -1.98. The molecule has 5 heteroatoms. The molecule has 1 heterocycles. The van der Waals surface area contributed by atoms with Crippen LogP contribution in [0.25, 0.3) is 0 Å². The van der Waals surface area contributed by atoms with Gasteiger partial charge in [0.25, 0.3) is 8.03 Å². The highest BCUT2D eigenvalue weighted by Crippen LogP contribution is 2.06. The Morgan fingerprint density at radius 2 is 2.62 bits per heavy atom. The Balaban J connectivity index is 2.93. The Bertz CT molecular complexity index is 183. The maximum atomic E-state index is 10.2. The summed E-state index contributed by atoms with van der Waals surface area (Å²) in [5.41, 5.74) is 0.162. The molecule has 1 aromatic rings. The third kappa shape index (κ3) is 0.967. The molecule has 0 radical (unpaired) electrons. The Hall–Kier alpha value is -0.600. The lowest BCUT2D eigenvalue weighted by molar-refractivity contribution is 0.511. The number of hydrogen-bond donors (Lipinski definition) is 2. The molecule has 0 saturated heterocycles. The number of hydrogen-bond acceptors (Lipinski definition) is 2. The number of imidazole rings is 1. The Morgan fingerprint density at radius 3 is 2.88 bits per heavy atom. The molecule has 1 aromatic heterocycles. The minimum absolute atomic E-state index is 0.162. The van der Waals surface area contributed by atoms with E-state index in [0.29, 0.717) is 0 Å². The molecule has 0 fully saturated rings. The Labute approximate surface area is 46.4 Å². The number of nitrogens with one attached hydrogen (secondary N) is 1. The summed E-state index contributed by atoms with van der Waals surface area (Å²) < 4.78 is 10.2. The van der Waals surface area contributed by atoms with Gasteiger partial charge in [0.15, 0.2) is 5.57 Å². The van der Waals surface area contributed by atoms with Gasteiger partial charge in [-0.1, -0.05) is 0 Å². The average molecular weight is 132 g/mol. The van der Waals surface area contributed by atoms with Crippen LogP contribution < -0.4 is 5.57 Å². The zero-order chi connectivity index (χ0) is 5.98. The summed E-state index contributed by atoms with van der Waals surface area (Å²) in [6, 6.07) is 0. The maximum Gasteiger partial charge on any atom is 0.252 e. The van der Waals surface area contributed by atoms with Gasteiger partial charge in [-0.15, -0.1) is 0 Å². The first-order chi connectivity index (χ1) is 3.80. The molecule has 0 saturated carbocycles. The normalized spacial score (nSPS) is 13.6. The van der Waals surface area contributed by atoms with Crippen molar-refractivity contribution < 1.29 is 9.46 Å². The topological polar surface area (TPSA) is 66.0 Å². The van der Waals surface area contributed by atoms with Crippen molar-refractivity contribution >= 4 is 13.6 Å². The number of rotatable bonds is 1. The van der Waals surface area contributed by atoms with E-state index in [2.05, 4.69) is 9.97 Å². The van der Waals surface area contributed by atoms with Crippen molar-refractivity contribution in [2.75, 3.05) is 0 Å². The van der Waals surface area contributed by atoms with Crippen molar-refractivity contribution in [3.8, 4) is 0 Å². The molecule has 8 heavy (non-hydrogen) atoms. The van der Waals surface area contributed by atoms with Crippen LogP contribution in [-0.4, -0.2) is 14.9 Å². The van der Waals surface area contributed by atoms with Crippen molar-refractivity contribution in [1.82, 2.24) is 9.97 Å². The first kappa shape index (κ1) is 5.54. The third-order valence-corrected chi connectivity index (χ3v) is 1.38. The molecule has 2 N–H and O–H groups in total. The molecule has 1 atom stereocenters. The summed E-state index contributed by atoms with van der Waals surface area (Å²) in [4.78, 5) is 14.4. The van der Waals surface area contributed by atoms with E-state index in [9.17, 15) is 4.57 Å². The van der Waals surface area contributed by atoms with Crippen LogP contribution >= 0.6 is 8.03 Å². The van der Waals surface area contributed by atoms with Crippen LogP contribution in [-0.2, 0) is 4.57 Å². The molecule has 4 nitrogen and oxygen atoms in total. The molecule has 0 aliphatic heterocycles. The first-order valence-electron chi connectivity index (χ1n) is 2.03. The molecule has 1 rings (SSSR count). The second-order valence-electron chi connectivity index (χ2n) is 1.24. The summed E-state index contributed by atoms with van der Waals surface area (Å²) >= 11 is 0. The monoisotopic (exact) mass is 132 g/mol. The van der Waals surface area contributed by atoms with Crippen LogP contribution in [0.4, 0.5) is 0 Å². The molecule has 0 aliphatic carbocycles. The molecule has 0 aliphatic rings. The van der Waals surface area contributed by atoms with E-state index in [4.69, 9.17) is 4.89 Å². The van der Waals surface area contributed by atoms with E-state index in [1.54, 1.807) is 0 Å². The van der Waals surface area contributed by atoms with Crippen LogP contribution in [0, 0.1) is 0 Å². The largest absolute Gasteiger partial charge is 0.341 e. The van der Waals surface area contributed by atoms with Gasteiger partial charge in [0.2, 0.25) is 0 Å². The first-order valence-corrected chi connectivity index (χ1v) is 3.39. The van der Waals surface area contributed by atoms with E-state index >= 15 is 0 Å². The van der Waals surface area contributed by atoms with E-state index in [0.717, 1.165) is 0 Å². The summed E-state index contributed by atoms with van der Waals surface area (Å²) in [5, 5.41) is 0. The van der Waals surface area contributed by atoms with Gasteiger partial charge in [0.05, 0.1) is 0 Å². The molecular formula is C3H5N2O2P. The van der Waals surface area contributed by atoms with Gasteiger partial charge < -0.3 is 9.88 Å². The summed E-state index contributed by atoms with van der Waals surface area (Å²) in [6.07, 6.45) is 2.95. The molecule has 0 aromatic carbocycles. The molecule has 0 amide bonds. The highest BCUT2D eigenvalue weighted by atomic mass is 31.1. The zero-order valence-corrected chi connectivity index (χ0v) is 4.96. The van der Waals surface area contributed by atoms with Crippen LogP contribution in [0.5, 0.6) is 0 Å². The van der Waals surface area contributed by atoms with E-state index in [1.165, 1.54) is 12.4 Å². The molecule has 44 valence electrons. The maximum absolute atomic E-state index is 10.2. The van der Waals surface area contributed by atoms with Gasteiger partial charge >= 0.3 is 0 Å². The predicted molar refractivity (Wildman–Crippen MR) is 29.4 cm³/mol. The number of aromatic amines is 1. The summed E-state index contributed by atoms with van der Waals surface area (Å²) in [5.74, 6) is 0. The van der Waals surface area contributed by atoms with Gasteiger partial charge in [-0.25, -0.2) is 4.98 Å². The third-order valence-electron chi connectivity index (χ3n) is 0.701. The van der Waals surface area contributed by atoms with Gasteiger partial charge in [-0.3, -0.25) is 4.57 Å². The lowest BCUT2D eigenvalue weighted by atomic mass is 11.0. The number of nitrogens with zero attached hydrogens (tertiary/aromatic N) is 1. The minimum Gasteiger partial charge on any atom is -0.341 e. The fourth-order valence-electron chi connectivity index (χ4n) is 0.382. The number of aromatic nitrogens is 2. The lowest BCUT2D eigenvalue weighted by Gasteiger charge is -1.81. The summed E-state index contributed by atoms with van der Waals surface area (Å²) in [7, 11) is -2.59. The fraction of sp³-hybridized carbons (Fsp3) is 0. The smallest absolute Gasteiger partial charge is 0.252 e. The standard InChI is InChI=1S/C3H5N2O2P/c6-8(7)3-4-1-2-5-3/h1-2,8H,(H,4,5)(H,6,7). The highest BCUT2D eigenvalue weighted by molar-refractivity contribution is 7.46. The van der Waals surface area contributed by atoms with Gasteiger partial charge in [-0.2, -0.15) is 0 Å². The highest BCUT2D eigenvalue weighted by Gasteiger charge is 1.96. The minimum atomic E-state index is -2.59. The zero-order valence-electron chi connectivity index (χ0n) is 3.96. The fourth-order valence-corrected chi connectivity index (χ4v) is 0.774. The quantitative estimate of drug-likeness (QED) is 0.506. The van der Waals surface area contributed by atoms with Gasteiger partial charge in [0.1, 0.15) is 0 Å². The molecule has 0 bridgehead atoms. The Morgan fingerprint density at radius 1 is 1.88 bits per heavy atom. The van der Waals surface area contributed by atoms with Crippen LogP contribution in [0.2, 0.25) is 0 Å². The Kier molecular flexibility index (Phi) is 1.46. The predicted octanol–water partition coefficient (Wildman–Crippen LogP) is -0.498. The van der Waals surface area contributed by atoms with Crippen LogP contribution in [0.15, 0.2) is 12.4 Å². The second-order valence-corrected chi connectivity index (χ2v) is 2.33. The molecular weight excluding hydrogens is 127 g/mol. The second kappa shape index (κ2) is 2.11. The SMILES string of the molecule is O=[PH](O)c1ncc[nH]1. The van der Waals surface area contributed by atoms with Gasteiger partial charge in [0, 0.05) is 12.4 Å². The van der Waals surface area contributed by atoms with E-state index in [1.807, 2.05) is 0 Å². The van der Waals surface area contributed by atoms with Crippen molar-refractivity contribution in [1.29, 1.82) is 0 Å². The van der Waals surface area contributed by atoms with Crippen molar-refractivity contribution in [2.24, 2.45) is 0 Å². The van der Waals surface area contributed by atoms with Crippen molar-refractivity contribution in [3.05, 3.63) is 12.4 Å². The van der Waals surface area contributed by atoms with Crippen molar-refractivity contribution in [2.45, 2.75) is 0 Å².